The Hall–Kier alpha value is -1.40. The second-order valence-electron chi connectivity index (χ2n) is 11.3. The number of carbonyl (C=O) groups excluding carboxylic acids is 3. The maximum Gasteiger partial charge on any atom is 0.311 e. The second-order valence-corrected chi connectivity index (χ2v) is 14.0. The summed E-state index contributed by atoms with van der Waals surface area (Å²) in [5, 5.41) is 10.3. The Balaban J connectivity index is 1.70. The first-order valence-electron chi connectivity index (χ1n) is 13.9. The predicted molar refractivity (Wildman–Crippen MR) is 155 cm³/mol. The van der Waals surface area contributed by atoms with E-state index >= 15 is 0 Å². The molecule has 218 valence electrons. The predicted octanol–water partition coefficient (Wildman–Crippen LogP) is 1.93. The number of nitrogens with zero attached hydrogens (tertiary/aromatic N) is 3. The minimum absolute atomic E-state index is 0.0399. The van der Waals surface area contributed by atoms with Crippen LogP contribution in [-0.2, 0) is 23.9 Å². The van der Waals surface area contributed by atoms with Crippen LogP contribution in [0.1, 0.15) is 26.7 Å². The van der Waals surface area contributed by atoms with Crippen LogP contribution < -0.4 is 0 Å². The largest absolute Gasteiger partial charge is 0.461 e. The van der Waals surface area contributed by atoms with Gasteiger partial charge in [0, 0.05) is 42.8 Å². The molecule has 9 nitrogen and oxygen atoms in total. The van der Waals surface area contributed by atoms with Crippen molar-refractivity contribution in [1.29, 1.82) is 0 Å². The van der Waals surface area contributed by atoms with Gasteiger partial charge in [0.05, 0.1) is 42.4 Å². The van der Waals surface area contributed by atoms with Gasteiger partial charge in [-0.2, -0.15) is 0 Å². The molecule has 4 aliphatic heterocycles. The van der Waals surface area contributed by atoms with E-state index in [0.717, 1.165) is 13.1 Å². The third-order valence-electron chi connectivity index (χ3n) is 8.38. The average Bonchev–Trinajstić information content (AvgIpc) is 3.51. The number of hydrogen-bond donors (Lipinski definition) is 1. The average molecular weight is 629 g/mol. The van der Waals surface area contributed by atoms with Crippen LogP contribution in [0, 0.1) is 17.8 Å². The lowest BCUT2D eigenvalue weighted by Crippen LogP contribution is -2.58. The molecule has 1 N–H and O–H groups in total. The summed E-state index contributed by atoms with van der Waals surface area (Å²) < 4.78 is 10.1. The molecule has 0 saturated carbocycles. The van der Waals surface area contributed by atoms with Crippen molar-refractivity contribution in [2.45, 2.75) is 53.6 Å². The number of alkyl halides is 1. The van der Waals surface area contributed by atoms with E-state index < -0.39 is 34.6 Å². The van der Waals surface area contributed by atoms with Gasteiger partial charge in [0.2, 0.25) is 11.8 Å². The first-order valence-corrected chi connectivity index (χ1v) is 15.7. The van der Waals surface area contributed by atoms with E-state index in [0.29, 0.717) is 45.7 Å². The first-order chi connectivity index (χ1) is 18.7. The van der Waals surface area contributed by atoms with Gasteiger partial charge < -0.3 is 24.4 Å². The molecule has 11 heteroatoms. The number of esters is 1. The van der Waals surface area contributed by atoms with Crippen LogP contribution in [0.3, 0.4) is 0 Å². The Morgan fingerprint density at radius 3 is 2.64 bits per heavy atom. The molecule has 0 radical (unpaired) electrons. The van der Waals surface area contributed by atoms with Crippen molar-refractivity contribution in [1.82, 2.24) is 14.7 Å². The molecule has 2 bridgehead atoms. The molecule has 4 heterocycles. The van der Waals surface area contributed by atoms with Crippen LogP contribution in [0.4, 0.5) is 0 Å². The number of amides is 2. The third kappa shape index (κ3) is 5.84. The number of carbonyl (C=O) groups is 3. The van der Waals surface area contributed by atoms with Crippen molar-refractivity contribution in [2.24, 2.45) is 17.8 Å². The highest BCUT2D eigenvalue weighted by atomic mass is 79.9. The van der Waals surface area contributed by atoms with Crippen LogP contribution in [0.15, 0.2) is 25.3 Å². The highest BCUT2D eigenvalue weighted by molar-refractivity contribution is 9.09. The lowest BCUT2D eigenvalue weighted by atomic mass is 9.71. The fourth-order valence-corrected chi connectivity index (χ4v) is 10.4. The zero-order valence-electron chi connectivity index (χ0n) is 23.0. The first kappa shape index (κ1) is 30.6. The summed E-state index contributed by atoms with van der Waals surface area (Å²) >= 11 is 5.36. The number of likely N-dealkylation sites (tertiary alicyclic amines) is 1. The van der Waals surface area contributed by atoms with Crippen LogP contribution in [-0.4, -0.2) is 124 Å². The molecule has 7 atom stereocenters. The summed E-state index contributed by atoms with van der Waals surface area (Å²) in [6.45, 7) is 15.9. The number of hydrogen-bond acceptors (Lipinski definition) is 8. The molecule has 4 fully saturated rings. The van der Waals surface area contributed by atoms with Gasteiger partial charge in [-0.25, -0.2) is 0 Å². The van der Waals surface area contributed by atoms with Crippen molar-refractivity contribution >= 4 is 45.5 Å². The summed E-state index contributed by atoms with van der Waals surface area (Å²) in [6.07, 6.45) is 4.37. The second kappa shape index (κ2) is 13.1. The lowest BCUT2D eigenvalue weighted by Gasteiger charge is -2.40. The minimum Gasteiger partial charge on any atom is -0.461 e. The van der Waals surface area contributed by atoms with Crippen LogP contribution in [0.5, 0.6) is 0 Å². The molecule has 4 aliphatic rings. The van der Waals surface area contributed by atoms with Crippen molar-refractivity contribution in [3.8, 4) is 0 Å². The van der Waals surface area contributed by atoms with E-state index in [1.807, 2.05) is 13.8 Å². The maximum absolute atomic E-state index is 14.6. The molecular weight excluding hydrogens is 586 g/mol. The van der Waals surface area contributed by atoms with Gasteiger partial charge in [0.1, 0.15) is 12.6 Å². The zero-order valence-corrected chi connectivity index (χ0v) is 25.4. The lowest BCUT2D eigenvalue weighted by molar-refractivity contribution is -0.153. The summed E-state index contributed by atoms with van der Waals surface area (Å²) in [4.78, 5) is 47.8. The number of fused-ring (bicyclic) bond motifs is 1. The molecule has 0 aromatic rings. The number of morpholine rings is 1. The molecule has 3 unspecified atom stereocenters. The fourth-order valence-electron chi connectivity index (χ4n) is 6.77. The number of aliphatic hydroxyl groups is 1. The molecular formula is C28H42BrN3O6S. The molecule has 2 amide bonds. The van der Waals surface area contributed by atoms with E-state index in [1.165, 1.54) is 6.08 Å². The number of thioether (sulfide) groups is 1. The summed E-state index contributed by atoms with van der Waals surface area (Å²) in [6, 6.07) is -1.31. The molecule has 0 aromatic carbocycles. The summed E-state index contributed by atoms with van der Waals surface area (Å²) in [7, 11) is 0. The smallest absolute Gasteiger partial charge is 0.311 e. The van der Waals surface area contributed by atoms with E-state index in [9.17, 15) is 19.5 Å². The van der Waals surface area contributed by atoms with E-state index in [4.69, 9.17) is 9.47 Å². The van der Waals surface area contributed by atoms with Gasteiger partial charge >= 0.3 is 5.97 Å². The van der Waals surface area contributed by atoms with Gasteiger partial charge in [0.15, 0.2) is 0 Å². The van der Waals surface area contributed by atoms with Gasteiger partial charge in [-0.3, -0.25) is 19.3 Å². The topological polar surface area (TPSA) is 99.6 Å². The quantitative estimate of drug-likeness (QED) is 0.188. The molecule has 1 spiro atoms. The highest BCUT2D eigenvalue weighted by Crippen LogP contribution is 2.68. The van der Waals surface area contributed by atoms with Gasteiger partial charge in [-0.15, -0.1) is 18.3 Å². The van der Waals surface area contributed by atoms with Crippen molar-refractivity contribution < 1.29 is 29.0 Å². The van der Waals surface area contributed by atoms with E-state index in [-0.39, 0.29) is 41.0 Å². The number of aliphatic hydroxyl groups excluding tert-OH is 1. The number of rotatable bonds is 13. The Morgan fingerprint density at radius 1 is 1.31 bits per heavy atom. The standard InChI is InChI=1S/C28H42BrN3O6S/c1-5-7-31(9-8-30-10-13-37-14-11-30)26(35)24-28-16-20(29)23(39-28)21(27(36)38-12-6-2)22(28)25(34)32(24)19(17-33)15-18(3)4/h5-6,18-24,33H,1-2,7-17H2,3-4H3/t19-,20?,21+,22+,23+,24?,28?/m1/s1. The van der Waals surface area contributed by atoms with Gasteiger partial charge in [-0.1, -0.05) is 48.5 Å². The Kier molecular flexibility index (Phi) is 10.2. The van der Waals surface area contributed by atoms with Crippen LogP contribution in [0.25, 0.3) is 0 Å². The third-order valence-corrected chi connectivity index (χ3v) is 11.6. The van der Waals surface area contributed by atoms with Gasteiger partial charge in [-0.05, 0) is 18.8 Å². The van der Waals surface area contributed by atoms with Crippen LogP contribution >= 0.6 is 27.7 Å². The number of halogens is 1. The van der Waals surface area contributed by atoms with E-state index in [2.05, 4.69) is 34.0 Å². The Labute approximate surface area is 244 Å². The molecule has 39 heavy (non-hydrogen) atoms. The zero-order chi connectivity index (χ0) is 28.3. The Bertz CT molecular complexity index is 946. The van der Waals surface area contributed by atoms with Crippen molar-refractivity contribution in [3.63, 3.8) is 0 Å². The highest BCUT2D eigenvalue weighted by Gasteiger charge is 2.76. The van der Waals surface area contributed by atoms with Crippen molar-refractivity contribution in [2.75, 3.05) is 59.2 Å². The fraction of sp³-hybridized carbons (Fsp3) is 0.750. The molecule has 0 aromatic heterocycles. The van der Waals surface area contributed by atoms with Crippen molar-refractivity contribution in [3.05, 3.63) is 25.3 Å². The maximum atomic E-state index is 14.6. The molecule has 0 aliphatic carbocycles. The van der Waals surface area contributed by atoms with E-state index in [1.54, 1.807) is 27.6 Å². The normalized spacial score (nSPS) is 32.8. The number of ether oxygens (including phenoxy) is 2. The van der Waals surface area contributed by atoms with Crippen LogP contribution in [0.2, 0.25) is 0 Å². The minimum atomic E-state index is -0.789. The Morgan fingerprint density at radius 2 is 2.03 bits per heavy atom. The van der Waals surface area contributed by atoms with Gasteiger partial charge in [0.25, 0.3) is 0 Å². The SMILES string of the molecule is C=CCOC(=O)[C@H]1[C@H]2C(=O)N([C@@H](CO)CC(C)C)C(C(=O)N(CC=C)CCN3CCOCC3)C23CC(Br)[C@@H]1S3. The monoisotopic (exact) mass is 627 g/mol. The molecule has 4 rings (SSSR count). The summed E-state index contributed by atoms with van der Waals surface area (Å²) in [5.41, 5.74) is 0. The molecule has 4 saturated heterocycles. The summed E-state index contributed by atoms with van der Waals surface area (Å²) in [5.74, 6) is -1.94.